The lowest BCUT2D eigenvalue weighted by atomic mass is 9.53. The van der Waals surface area contributed by atoms with Gasteiger partial charge in [-0.15, -0.1) is 12.4 Å². The third-order valence-corrected chi connectivity index (χ3v) is 6.10. The molecule has 1 aliphatic heterocycles. The highest BCUT2D eigenvalue weighted by atomic mass is 35.5. The van der Waals surface area contributed by atoms with Crippen molar-refractivity contribution in [1.29, 1.82) is 0 Å². The number of hydrogen-bond acceptors (Lipinski definition) is 2. The van der Waals surface area contributed by atoms with Crippen LogP contribution in [0, 0.1) is 17.8 Å². The van der Waals surface area contributed by atoms with Gasteiger partial charge in [-0.2, -0.15) is 0 Å². The molecule has 0 atom stereocenters. The Morgan fingerprint density at radius 3 is 2.39 bits per heavy atom. The van der Waals surface area contributed by atoms with E-state index in [2.05, 4.69) is 34.7 Å². The van der Waals surface area contributed by atoms with Crippen LogP contribution in [0.25, 0.3) is 0 Å². The number of aromatic amines is 1. The standard InChI is InChI=1S/C19H23N3.ClH/c1-2-17(20-5-1)18-4-3-16(22-18)12-21-19-9-13-6-14(10-19)8-15(7-13)11-19;/h1-5,12-15,20-21H,6-11H2;1H/b16-12+;. The first kappa shape index (κ1) is 15.1. The van der Waals surface area contributed by atoms with Crippen molar-refractivity contribution in [2.45, 2.75) is 44.1 Å². The number of aromatic nitrogens is 1. The lowest BCUT2D eigenvalue weighted by Crippen LogP contribution is -2.56. The molecule has 2 N–H and O–H groups in total. The molecule has 1 aromatic rings. The maximum absolute atomic E-state index is 4.72. The molecule has 122 valence electrons. The molecular weight excluding hydrogens is 306 g/mol. The van der Waals surface area contributed by atoms with E-state index < -0.39 is 0 Å². The Hall–Kier alpha value is -1.48. The summed E-state index contributed by atoms with van der Waals surface area (Å²) < 4.78 is 0. The van der Waals surface area contributed by atoms with E-state index in [0.717, 1.165) is 34.9 Å². The topological polar surface area (TPSA) is 40.2 Å². The molecule has 3 nitrogen and oxygen atoms in total. The van der Waals surface area contributed by atoms with Gasteiger partial charge in [-0.25, -0.2) is 4.99 Å². The van der Waals surface area contributed by atoms with Crippen LogP contribution in [0.2, 0.25) is 0 Å². The largest absolute Gasteiger partial charge is 0.384 e. The zero-order valence-electron chi connectivity index (χ0n) is 13.3. The second-order valence-corrected chi connectivity index (χ2v) is 7.83. The Kier molecular flexibility index (Phi) is 3.64. The Labute approximate surface area is 143 Å². The van der Waals surface area contributed by atoms with E-state index in [4.69, 9.17) is 4.99 Å². The SMILES string of the molecule is C1=C/C(=C\NC23CC4CC(CC(C4)C2)C3)N=C1c1ccc[nH]1.Cl. The van der Waals surface area contributed by atoms with Gasteiger partial charge in [-0.05, 0) is 80.6 Å². The highest BCUT2D eigenvalue weighted by Crippen LogP contribution is 2.55. The summed E-state index contributed by atoms with van der Waals surface area (Å²) in [6.07, 6.45) is 16.9. The molecule has 4 aliphatic carbocycles. The normalized spacial score (nSPS) is 38.7. The van der Waals surface area contributed by atoms with Gasteiger partial charge in [0.25, 0.3) is 0 Å². The molecule has 0 unspecified atom stereocenters. The molecule has 4 saturated carbocycles. The first-order valence-electron chi connectivity index (χ1n) is 8.66. The van der Waals surface area contributed by atoms with E-state index in [-0.39, 0.29) is 12.4 Å². The third kappa shape index (κ3) is 2.65. The molecule has 23 heavy (non-hydrogen) atoms. The van der Waals surface area contributed by atoms with E-state index in [1.165, 1.54) is 38.5 Å². The molecule has 6 rings (SSSR count). The predicted octanol–water partition coefficient (Wildman–Crippen LogP) is 4.20. The number of aliphatic imine (C=N–C) groups is 1. The minimum atomic E-state index is 0. The molecule has 4 heteroatoms. The first-order chi connectivity index (χ1) is 10.8. The van der Waals surface area contributed by atoms with Crippen molar-refractivity contribution in [2.75, 3.05) is 0 Å². The van der Waals surface area contributed by atoms with Crippen molar-refractivity contribution in [2.24, 2.45) is 22.7 Å². The molecule has 4 bridgehead atoms. The maximum atomic E-state index is 4.72. The Morgan fingerprint density at radius 1 is 1.09 bits per heavy atom. The molecule has 4 fully saturated rings. The van der Waals surface area contributed by atoms with E-state index in [9.17, 15) is 0 Å². The number of H-pyrrole nitrogens is 1. The van der Waals surface area contributed by atoms with E-state index >= 15 is 0 Å². The number of allylic oxidation sites excluding steroid dienone is 2. The Balaban J connectivity index is 0.00000135. The fourth-order valence-electron chi connectivity index (χ4n) is 5.61. The number of hydrogen-bond donors (Lipinski definition) is 2. The second kappa shape index (κ2) is 5.55. The molecule has 1 aromatic heterocycles. The van der Waals surface area contributed by atoms with Crippen molar-refractivity contribution in [3.8, 4) is 0 Å². The summed E-state index contributed by atoms with van der Waals surface area (Å²) >= 11 is 0. The summed E-state index contributed by atoms with van der Waals surface area (Å²) in [4.78, 5) is 7.94. The monoisotopic (exact) mass is 329 g/mol. The van der Waals surface area contributed by atoms with Crippen LogP contribution in [0.15, 0.2) is 47.4 Å². The summed E-state index contributed by atoms with van der Waals surface area (Å²) in [6.45, 7) is 0. The zero-order valence-corrected chi connectivity index (χ0v) is 14.1. The van der Waals surface area contributed by atoms with Crippen molar-refractivity contribution >= 4 is 18.1 Å². The number of nitrogens with one attached hydrogen (secondary N) is 2. The van der Waals surface area contributed by atoms with Crippen LogP contribution in [0.4, 0.5) is 0 Å². The molecule has 2 heterocycles. The number of rotatable bonds is 3. The number of halogens is 1. The van der Waals surface area contributed by atoms with Gasteiger partial charge in [0.15, 0.2) is 0 Å². The van der Waals surface area contributed by atoms with E-state index in [1.807, 2.05) is 12.3 Å². The van der Waals surface area contributed by atoms with Gasteiger partial charge < -0.3 is 10.3 Å². The summed E-state index contributed by atoms with van der Waals surface area (Å²) in [7, 11) is 0. The molecule has 0 radical (unpaired) electrons. The lowest BCUT2D eigenvalue weighted by molar-refractivity contribution is -0.0130. The first-order valence-corrected chi connectivity index (χ1v) is 8.66. The molecule has 0 spiro atoms. The fraction of sp³-hybridized carbons (Fsp3) is 0.526. The van der Waals surface area contributed by atoms with Gasteiger partial charge in [0.2, 0.25) is 0 Å². The Bertz CT molecular complexity index is 634. The van der Waals surface area contributed by atoms with E-state index in [0.29, 0.717) is 5.54 Å². The molecule has 0 aromatic carbocycles. The number of nitrogens with zero attached hydrogens (tertiary/aromatic N) is 1. The summed E-state index contributed by atoms with van der Waals surface area (Å²) in [6, 6.07) is 4.08. The third-order valence-electron chi connectivity index (χ3n) is 6.10. The van der Waals surface area contributed by atoms with Gasteiger partial charge >= 0.3 is 0 Å². The minimum absolute atomic E-state index is 0. The van der Waals surface area contributed by atoms with Gasteiger partial charge in [-0.3, -0.25) is 0 Å². The molecule has 0 saturated heterocycles. The van der Waals surface area contributed by atoms with Crippen molar-refractivity contribution < 1.29 is 0 Å². The van der Waals surface area contributed by atoms with Gasteiger partial charge in [0, 0.05) is 17.9 Å². The minimum Gasteiger partial charge on any atom is -0.384 e. The zero-order chi connectivity index (χ0) is 14.6. The van der Waals surface area contributed by atoms with Crippen LogP contribution in [-0.2, 0) is 0 Å². The van der Waals surface area contributed by atoms with Crippen LogP contribution < -0.4 is 5.32 Å². The van der Waals surface area contributed by atoms with Crippen LogP contribution in [-0.4, -0.2) is 16.2 Å². The smallest absolute Gasteiger partial charge is 0.0872 e. The van der Waals surface area contributed by atoms with Crippen LogP contribution in [0.3, 0.4) is 0 Å². The quantitative estimate of drug-likeness (QED) is 0.857. The highest BCUT2D eigenvalue weighted by molar-refractivity contribution is 6.09. The molecule has 5 aliphatic rings. The summed E-state index contributed by atoms with van der Waals surface area (Å²) in [5.74, 6) is 2.94. The van der Waals surface area contributed by atoms with Crippen LogP contribution in [0.1, 0.15) is 44.2 Å². The average Bonchev–Trinajstić information content (AvgIpc) is 3.15. The fourth-order valence-corrected chi connectivity index (χ4v) is 5.61. The average molecular weight is 330 g/mol. The van der Waals surface area contributed by atoms with Gasteiger partial charge in [0.05, 0.1) is 17.1 Å². The summed E-state index contributed by atoms with van der Waals surface area (Å²) in [5.41, 5.74) is 3.55. The van der Waals surface area contributed by atoms with Crippen LogP contribution in [0.5, 0.6) is 0 Å². The summed E-state index contributed by atoms with van der Waals surface area (Å²) in [5, 5.41) is 3.80. The second-order valence-electron chi connectivity index (χ2n) is 7.83. The van der Waals surface area contributed by atoms with Gasteiger partial charge in [-0.1, -0.05) is 0 Å². The van der Waals surface area contributed by atoms with Crippen LogP contribution >= 0.6 is 12.4 Å². The van der Waals surface area contributed by atoms with Gasteiger partial charge in [0.1, 0.15) is 0 Å². The predicted molar refractivity (Wildman–Crippen MR) is 95.8 cm³/mol. The molecule has 0 amide bonds. The van der Waals surface area contributed by atoms with Crippen molar-refractivity contribution in [3.05, 3.63) is 48.1 Å². The lowest BCUT2D eigenvalue weighted by Gasteiger charge is -2.56. The van der Waals surface area contributed by atoms with Crippen molar-refractivity contribution in [3.63, 3.8) is 0 Å². The van der Waals surface area contributed by atoms with E-state index in [1.54, 1.807) is 0 Å². The highest BCUT2D eigenvalue weighted by Gasteiger charge is 2.50. The maximum Gasteiger partial charge on any atom is 0.0872 e. The Morgan fingerprint density at radius 2 is 1.78 bits per heavy atom. The molecular formula is C19H24ClN3. The van der Waals surface area contributed by atoms with Crippen molar-refractivity contribution in [1.82, 2.24) is 10.3 Å².